The largest absolute Gasteiger partial charge is 0.291 e. The van der Waals surface area contributed by atoms with Crippen LogP contribution in [0.15, 0.2) is 107 Å². The maximum Gasteiger partial charge on any atom is 0.216 e. The Balaban J connectivity index is 1.59. The van der Waals surface area contributed by atoms with E-state index in [4.69, 9.17) is 16.7 Å². The molecule has 1 heterocycles. The van der Waals surface area contributed by atoms with Gasteiger partial charge in [-0.2, -0.15) is 10.2 Å². The summed E-state index contributed by atoms with van der Waals surface area (Å²) in [6.45, 7) is 0. The Bertz CT molecular complexity index is 1490. The molecule has 4 aromatic rings. The molecule has 0 amide bonds. The highest BCUT2D eigenvalue weighted by atomic mass is 35.5. The summed E-state index contributed by atoms with van der Waals surface area (Å²) in [7, 11) is 0. The van der Waals surface area contributed by atoms with E-state index in [0.717, 1.165) is 27.8 Å². The van der Waals surface area contributed by atoms with Crippen molar-refractivity contribution in [2.24, 2.45) is 10.2 Å². The summed E-state index contributed by atoms with van der Waals surface area (Å²) in [6, 6.07) is 30.5. The van der Waals surface area contributed by atoms with Crippen LogP contribution in [0.1, 0.15) is 43.3 Å². The molecule has 7 rings (SSSR count). The Morgan fingerprint density at radius 1 is 0.559 bits per heavy atom. The van der Waals surface area contributed by atoms with E-state index in [1.165, 1.54) is 0 Å². The van der Waals surface area contributed by atoms with Crippen LogP contribution in [0.3, 0.4) is 0 Å². The van der Waals surface area contributed by atoms with Gasteiger partial charge in [0.15, 0.2) is 0 Å². The van der Waals surface area contributed by atoms with Gasteiger partial charge in [-0.3, -0.25) is 9.59 Å². The van der Waals surface area contributed by atoms with Crippen LogP contribution in [-0.4, -0.2) is 17.1 Å². The molecule has 0 radical (unpaired) electrons. The number of azo groups is 1. The van der Waals surface area contributed by atoms with Gasteiger partial charge < -0.3 is 0 Å². The number of halogens is 1. The number of nitrogens with zero attached hydrogens (tertiary/aromatic N) is 2. The standard InChI is InChI=1S/C29H17ClN2O2/c30-18-15-13-17(14-16-18)25-28(23-11-5-3-7-19(23)20-8-4-6-12-24(20)28)31-32-29(25)26(33)21-9-1-2-10-22(21)27(29)34/h1-16,25H. The van der Waals surface area contributed by atoms with Crippen molar-refractivity contribution in [2.45, 2.75) is 17.0 Å². The molecular weight excluding hydrogens is 444 g/mol. The lowest BCUT2D eigenvalue weighted by Crippen LogP contribution is -2.48. The number of hydrogen-bond acceptors (Lipinski definition) is 4. The minimum absolute atomic E-state index is 0.296. The maximum atomic E-state index is 14.0. The van der Waals surface area contributed by atoms with E-state index in [0.29, 0.717) is 16.1 Å². The molecule has 2 aliphatic carbocycles. The molecule has 0 fully saturated rings. The van der Waals surface area contributed by atoms with Crippen LogP contribution < -0.4 is 0 Å². The predicted octanol–water partition coefficient (Wildman–Crippen LogP) is 6.63. The molecule has 0 saturated heterocycles. The third-order valence-electron chi connectivity index (χ3n) is 7.48. The first-order valence-corrected chi connectivity index (χ1v) is 11.5. The van der Waals surface area contributed by atoms with Gasteiger partial charge in [-0.1, -0.05) is 96.5 Å². The van der Waals surface area contributed by atoms with Gasteiger partial charge in [-0.15, -0.1) is 0 Å². The van der Waals surface area contributed by atoms with Gasteiger partial charge in [-0.25, -0.2) is 0 Å². The molecule has 1 unspecified atom stereocenters. The fourth-order valence-electron chi connectivity index (χ4n) is 6.12. The average molecular weight is 461 g/mol. The molecule has 0 bridgehead atoms. The molecule has 34 heavy (non-hydrogen) atoms. The van der Waals surface area contributed by atoms with Crippen molar-refractivity contribution in [1.82, 2.24) is 0 Å². The van der Waals surface area contributed by atoms with Crippen molar-refractivity contribution < 1.29 is 9.59 Å². The first kappa shape index (κ1) is 19.6. The van der Waals surface area contributed by atoms with Gasteiger partial charge in [0.2, 0.25) is 17.1 Å². The number of ketones is 2. The van der Waals surface area contributed by atoms with Crippen molar-refractivity contribution in [2.75, 3.05) is 0 Å². The molecule has 0 aromatic heterocycles. The number of Topliss-reactive ketones (excluding diaryl/α,β-unsaturated/α-hetero) is 2. The van der Waals surface area contributed by atoms with E-state index < -0.39 is 17.0 Å². The number of carbonyl (C=O) groups is 2. The van der Waals surface area contributed by atoms with Crippen molar-refractivity contribution in [3.8, 4) is 11.1 Å². The quantitative estimate of drug-likeness (QED) is 0.299. The number of carbonyl (C=O) groups excluding carboxylic acids is 2. The second-order valence-electron chi connectivity index (χ2n) is 9.01. The van der Waals surface area contributed by atoms with Crippen molar-refractivity contribution in [1.29, 1.82) is 0 Å². The average Bonchev–Trinajstić information content (AvgIpc) is 3.46. The molecular formula is C29H17ClN2O2. The fraction of sp³-hybridized carbons (Fsp3) is 0.103. The number of fused-ring (bicyclic) bond motifs is 6. The Morgan fingerprint density at radius 3 is 1.53 bits per heavy atom. The second-order valence-corrected chi connectivity index (χ2v) is 9.45. The first-order valence-electron chi connectivity index (χ1n) is 11.2. The summed E-state index contributed by atoms with van der Waals surface area (Å²) in [4.78, 5) is 28.1. The summed E-state index contributed by atoms with van der Waals surface area (Å²) >= 11 is 6.23. The highest BCUT2D eigenvalue weighted by Crippen LogP contribution is 2.65. The lowest BCUT2D eigenvalue weighted by atomic mass is 9.64. The highest BCUT2D eigenvalue weighted by Gasteiger charge is 2.70. The van der Waals surface area contributed by atoms with Crippen LogP contribution >= 0.6 is 11.6 Å². The van der Waals surface area contributed by atoms with E-state index >= 15 is 0 Å². The SMILES string of the molecule is O=C1c2ccccc2C(=O)C12N=NC1(c3ccccc3-c3ccccc31)C2c1ccc(Cl)cc1. The summed E-state index contributed by atoms with van der Waals surface area (Å²) in [6.07, 6.45) is 0. The molecule has 4 nitrogen and oxygen atoms in total. The lowest BCUT2D eigenvalue weighted by molar-refractivity contribution is 0.0773. The van der Waals surface area contributed by atoms with E-state index in [1.54, 1.807) is 36.4 Å². The fourth-order valence-corrected chi connectivity index (χ4v) is 6.25. The normalized spacial score (nSPS) is 20.1. The van der Waals surface area contributed by atoms with Crippen LogP contribution in [0.2, 0.25) is 5.02 Å². The van der Waals surface area contributed by atoms with Gasteiger partial charge in [0.05, 0.1) is 5.92 Å². The highest BCUT2D eigenvalue weighted by molar-refractivity contribution is 6.34. The Morgan fingerprint density at radius 2 is 1.00 bits per heavy atom. The first-order chi connectivity index (χ1) is 16.6. The van der Waals surface area contributed by atoms with Gasteiger partial charge in [0, 0.05) is 16.1 Å². The van der Waals surface area contributed by atoms with E-state index in [1.807, 2.05) is 48.5 Å². The Hall–Kier alpha value is -3.89. The smallest absolute Gasteiger partial charge is 0.216 e. The summed E-state index contributed by atoms with van der Waals surface area (Å²) in [5, 5.41) is 10.1. The summed E-state index contributed by atoms with van der Waals surface area (Å²) < 4.78 is 0. The number of hydrogen-bond donors (Lipinski definition) is 0. The number of rotatable bonds is 1. The topological polar surface area (TPSA) is 58.9 Å². The van der Waals surface area contributed by atoms with Crippen LogP contribution in [0.5, 0.6) is 0 Å². The van der Waals surface area contributed by atoms with E-state index in [9.17, 15) is 9.59 Å². The number of benzene rings is 4. The van der Waals surface area contributed by atoms with E-state index in [-0.39, 0.29) is 11.6 Å². The lowest BCUT2D eigenvalue weighted by Gasteiger charge is -2.36. The van der Waals surface area contributed by atoms with Crippen LogP contribution in [0.25, 0.3) is 11.1 Å². The van der Waals surface area contributed by atoms with Crippen LogP contribution in [-0.2, 0) is 5.54 Å². The molecule has 0 saturated carbocycles. The minimum Gasteiger partial charge on any atom is -0.291 e. The zero-order valence-electron chi connectivity index (χ0n) is 17.9. The molecule has 1 atom stereocenters. The van der Waals surface area contributed by atoms with Gasteiger partial charge in [-0.05, 0) is 39.9 Å². The third-order valence-corrected chi connectivity index (χ3v) is 7.73. The van der Waals surface area contributed by atoms with Gasteiger partial charge in [0.25, 0.3) is 0 Å². The molecule has 4 aromatic carbocycles. The Labute approximate surface area is 200 Å². The van der Waals surface area contributed by atoms with Crippen molar-refractivity contribution in [3.63, 3.8) is 0 Å². The second kappa shape index (κ2) is 6.58. The molecule has 5 heteroatoms. The van der Waals surface area contributed by atoms with Crippen LogP contribution in [0, 0.1) is 0 Å². The molecule has 2 spiro atoms. The molecule has 0 N–H and O–H groups in total. The maximum absolute atomic E-state index is 14.0. The predicted molar refractivity (Wildman–Crippen MR) is 130 cm³/mol. The Kier molecular flexibility index (Phi) is 3.79. The van der Waals surface area contributed by atoms with E-state index in [2.05, 4.69) is 17.2 Å². The van der Waals surface area contributed by atoms with Crippen molar-refractivity contribution in [3.05, 3.63) is 130 Å². The summed E-state index contributed by atoms with van der Waals surface area (Å²) in [5.74, 6) is -1.25. The van der Waals surface area contributed by atoms with Gasteiger partial charge >= 0.3 is 0 Å². The zero-order valence-corrected chi connectivity index (χ0v) is 18.7. The minimum atomic E-state index is -1.66. The summed E-state index contributed by atoms with van der Waals surface area (Å²) in [5.41, 5.74) is 2.93. The molecule has 162 valence electrons. The zero-order chi connectivity index (χ0) is 23.1. The van der Waals surface area contributed by atoms with Gasteiger partial charge in [0.1, 0.15) is 5.54 Å². The monoisotopic (exact) mass is 460 g/mol. The van der Waals surface area contributed by atoms with Crippen molar-refractivity contribution >= 4 is 23.2 Å². The molecule has 3 aliphatic rings. The third kappa shape index (κ3) is 2.15. The van der Waals surface area contributed by atoms with Crippen LogP contribution in [0.4, 0.5) is 0 Å². The molecule has 1 aliphatic heterocycles.